The molecule has 1 aromatic carbocycles. The number of carbonyl (C=O) groups is 2. The summed E-state index contributed by atoms with van der Waals surface area (Å²) >= 11 is 0. The Balaban J connectivity index is 0.000000886. The van der Waals surface area contributed by atoms with Crippen LogP contribution < -0.4 is 5.32 Å². The van der Waals surface area contributed by atoms with Crippen LogP contribution in [0.4, 0.5) is 19.3 Å². The highest BCUT2D eigenvalue weighted by Gasteiger charge is 2.31. The summed E-state index contributed by atoms with van der Waals surface area (Å²) in [5, 5.41) is 2.82. The molecule has 3 atom stereocenters. The Morgan fingerprint density at radius 1 is 1.00 bits per heavy atom. The third kappa shape index (κ3) is 9.43. The molecule has 2 heterocycles. The van der Waals surface area contributed by atoms with Crippen LogP contribution in [0.2, 0.25) is 0 Å². The molecule has 3 unspecified atom stereocenters. The standard InChI is InChI=1S/C25H30F2N4O2.H6P4/c1-30(22-9-11-31(12-10-22)24(32)17-5-3-2-4-6-17)25(33)29-21-7-8-23(28-16-21)18-13-19(26)15-20(27)14-18;1-4(2)3/h7-8,13-17,22H,2-6,9-12H2,1H3,(H,29,33);1-3H2. The number of rotatable bonds is 4. The van der Waals surface area contributed by atoms with E-state index in [2.05, 4.69) is 37.1 Å². The highest BCUT2D eigenvalue weighted by atomic mass is 32.7. The summed E-state index contributed by atoms with van der Waals surface area (Å²) in [6.45, 7) is 1.49. The maximum absolute atomic E-state index is 13.4. The van der Waals surface area contributed by atoms with Gasteiger partial charge in [-0.3, -0.25) is 9.78 Å². The van der Waals surface area contributed by atoms with E-state index in [1.54, 1.807) is 24.1 Å². The fraction of sp³-hybridized carbons (Fsp3) is 0.480. The summed E-state index contributed by atoms with van der Waals surface area (Å²) in [7, 11) is 9.70. The van der Waals surface area contributed by atoms with Crippen molar-refractivity contribution in [2.24, 2.45) is 5.92 Å². The highest BCUT2D eigenvalue weighted by molar-refractivity contribution is 8.65. The first-order chi connectivity index (χ1) is 17.6. The van der Waals surface area contributed by atoms with Crippen LogP contribution in [0.3, 0.4) is 0 Å². The fourth-order valence-electron chi connectivity index (χ4n) is 4.80. The molecule has 1 saturated heterocycles. The first-order valence-corrected chi connectivity index (χ1v) is 18.6. The summed E-state index contributed by atoms with van der Waals surface area (Å²) in [4.78, 5) is 33.3. The minimum absolute atomic E-state index is 0.0582. The number of amides is 3. The lowest BCUT2D eigenvalue weighted by molar-refractivity contribution is -0.137. The van der Waals surface area contributed by atoms with Gasteiger partial charge in [-0.25, -0.2) is 13.6 Å². The van der Waals surface area contributed by atoms with E-state index in [-0.39, 0.29) is 30.9 Å². The van der Waals surface area contributed by atoms with Gasteiger partial charge in [-0.2, -0.15) is 0 Å². The van der Waals surface area contributed by atoms with Crippen molar-refractivity contribution < 1.29 is 18.4 Å². The predicted molar refractivity (Wildman–Crippen MR) is 159 cm³/mol. The molecule has 2 aromatic rings. The number of carbonyl (C=O) groups excluding carboxylic acids is 2. The van der Waals surface area contributed by atoms with Gasteiger partial charge in [0.1, 0.15) is 11.6 Å². The highest BCUT2D eigenvalue weighted by Crippen LogP contribution is 2.59. The lowest BCUT2D eigenvalue weighted by Crippen LogP contribution is -2.49. The van der Waals surface area contributed by atoms with E-state index < -0.39 is 11.6 Å². The number of likely N-dealkylation sites (tertiary alicyclic amines) is 1. The zero-order chi connectivity index (χ0) is 26.9. The number of hydrogen-bond donors (Lipinski definition) is 1. The van der Waals surface area contributed by atoms with Crippen molar-refractivity contribution in [3.8, 4) is 11.3 Å². The van der Waals surface area contributed by atoms with Gasteiger partial charge >= 0.3 is 6.03 Å². The van der Waals surface area contributed by atoms with E-state index in [1.807, 2.05) is 4.90 Å². The molecule has 2 aliphatic rings. The van der Waals surface area contributed by atoms with Crippen molar-refractivity contribution in [1.29, 1.82) is 0 Å². The molecule has 202 valence electrons. The zero-order valence-corrected chi connectivity index (χ0v) is 25.4. The molecule has 0 radical (unpaired) electrons. The van der Waals surface area contributed by atoms with Gasteiger partial charge < -0.3 is 15.1 Å². The Morgan fingerprint density at radius 2 is 1.59 bits per heavy atom. The number of pyridine rings is 1. The van der Waals surface area contributed by atoms with Crippen LogP contribution in [0.5, 0.6) is 0 Å². The minimum Gasteiger partial charge on any atom is -0.342 e. The maximum atomic E-state index is 13.4. The van der Waals surface area contributed by atoms with Crippen LogP contribution in [0.1, 0.15) is 44.9 Å². The van der Waals surface area contributed by atoms with Crippen LogP contribution in [0.15, 0.2) is 36.5 Å². The first kappa shape index (κ1) is 30.2. The molecular weight excluding hydrogens is 550 g/mol. The number of anilines is 1. The van der Waals surface area contributed by atoms with Crippen LogP contribution in [-0.2, 0) is 4.79 Å². The van der Waals surface area contributed by atoms with Crippen LogP contribution in [-0.4, -0.2) is 52.9 Å². The molecule has 1 aromatic heterocycles. The normalized spacial score (nSPS) is 16.7. The Morgan fingerprint density at radius 3 is 2.14 bits per heavy atom. The number of halogens is 2. The number of nitrogens with zero attached hydrogens (tertiary/aromatic N) is 3. The molecule has 12 heteroatoms. The van der Waals surface area contributed by atoms with Crippen LogP contribution >= 0.6 is 33.8 Å². The maximum Gasteiger partial charge on any atom is 0.321 e. The van der Waals surface area contributed by atoms with Crippen molar-refractivity contribution >= 4 is 51.4 Å². The average molecular weight is 586 g/mol. The summed E-state index contributed by atoms with van der Waals surface area (Å²) in [6, 6.07) is 6.30. The molecule has 1 N–H and O–H groups in total. The van der Waals surface area contributed by atoms with E-state index >= 15 is 0 Å². The van der Waals surface area contributed by atoms with Gasteiger partial charge in [-0.15, -0.1) is 26.8 Å². The molecule has 2 fully saturated rings. The molecule has 37 heavy (non-hydrogen) atoms. The van der Waals surface area contributed by atoms with Crippen molar-refractivity contribution in [3.63, 3.8) is 0 Å². The van der Waals surface area contributed by atoms with Gasteiger partial charge in [0.2, 0.25) is 5.91 Å². The Labute approximate surface area is 226 Å². The lowest BCUT2D eigenvalue weighted by Gasteiger charge is -2.38. The number of aromatic nitrogens is 1. The van der Waals surface area contributed by atoms with Crippen molar-refractivity contribution in [2.75, 3.05) is 25.5 Å². The van der Waals surface area contributed by atoms with Gasteiger partial charge in [0.15, 0.2) is 0 Å². The smallest absolute Gasteiger partial charge is 0.321 e. The fourth-order valence-corrected chi connectivity index (χ4v) is 4.80. The van der Waals surface area contributed by atoms with E-state index in [9.17, 15) is 18.4 Å². The molecule has 1 saturated carbocycles. The van der Waals surface area contributed by atoms with Gasteiger partial charge in [-0.1, -0.05) is 19.3 Å². The Kier molecular flexibility index (Phi) is 12.0. The number of hydrogen-bond acceptors (Lipinski definition) is 3. The molecule has 1 aliphatic carbocycles. The van der Waals surface area contributed by atoms with Crippen molar-refractivity contribution in [3.05, 3.63) is 48.2 Å². The molecule has 4 rings (SSSR count). The van der Waals surface area contributed by atoms with E-state index in [0.29, 0.717) is 30.0 Å². The Hall–Kier alpha value is -1.31. The number of urea groups is 1. The SMILES string of the molecule is CN(C(=O)Nc1ccc(-c2cc(F)cc(F)c2)nc1)C1CCN(C(=O)C2CCCCC2)CC1.PP(P)P. The first-order valence-electron chi connectivity index (χ1n) is 12.4. The monoisotopic (exact) mass is 586 g/mol. The minimum atomic E-state index is -0.669. The predicted octanol–water partition coefficient (Wildman–Crippen LogP) is 6.90. The van der Waals surface area contributed by atoms with Gasteiger partial charge in [0.25, 0.3) is 0 Å². The Bertz CT molecular complexity index is 1020. The second-order valence-electron chi connectivity index (χ2n) is 9.47. The summed E-state index contributed by atoms with van der Waals surface area (Å²) in [5.74, 6) is -0.880. The van der Waals surface area contributed by atoms with Gasteiger partial charge in [0.05, 0.1) is 17.6 Å². The average Bonchev–Trinajstić information content (AvgIpc) is 2.88. The quantitative estimate of drug-likeness (QED) is 0.397. The van der Waals surface area contributed by atoms with Crippen molar-refractivity contribution in [1.82, 2.24) is 14.8 Å². The van der Waals surface area contributed by atoms with Crippen LogP contribution in [0, 0.1) is 17.6 Å². The van der Waals surface area contributed by atoms with E-state index in [1.165, 1.54) is 24.8 Å². The summed E-state index contributed by atoms with van der Waals surface area (Å²) in [6.07, 6.45) is 8.50. The topological polar surface area (TPSA) is 65.5 Å². The van der Waals surface area contributed by atoms with Crippen LogP contribution in [0.25, 0.3) is 11.3 Å². The second kappa shape index (κ2) is 14.7. The zero-order valence-electron chi connectivity index (χ0n) is 21.1. The van der Waals surface area contributed by atoms with E-state index in [4.69, 9.17) is 0 Å². The third-order valence-electron chi connectivity index (χ3n) is 6.77. The van der Waals surface area contributed by atoms with Gasteiger partial charge in [-0.05, 0) is 56.9 Å². The molecule has 6 nitrogen and oxygen atoms in total. The van der Waals surface area contributed by atoms with Gasteiger partial charge in [0, 0.05) is 43.7 Å². The molecule has 0 bridgehead atoms. The summed E-state index contributed by atoms with van der Waals surface area (Å²) < 4.78 is 26.9. The molecule has 3 amide bonds. The number of piperidine rings is 1. The molecule has 0 spiro atoms. The second-order valence-corrected chi connectivity index (χ2v) is 21.1. The lowest BCUT2D eigenvalue weighted by atomic mass is 9.87. The van der Waals surface area contributed by atoms with Crippen molar-refractivity contribution in [2.45, 2.75) is 51.0 Å². The van der Waals surface area contributed by atoms with E-state index in [0.717, 1.165) is 44.6 Å². The molecular formula is C25H36F2N4O2P4. The largest absolute Gasteiger partial charge is 0.342 e. The third-order valence-corrected chi connectivity index (χ3v) is 6.77. The summed E-state index contributed by atoms with van der Waals surface area (Å²) in [5.41, 5.74) is 1.24. The number of nitrogens with one attached hydrogen (secondary N) is 1. The number of benzene rings is 1. The molecule has 1 aliphatic heterocycles.